The van der Waals surface area contributed by atoms with E-state index in [0.717, 1.165) is 59.4 Å². The van der Waals surface area contributed by atoms with Crippen molar-refractivity contribution >= 4 is 39.6 Å². The Morgan fingerprint density at radius 2 is 2.02 bits per heavy atom. The fourth-order valence-electron chi connectivity index (χ4n) is 5.32. The predicted molar refractivity (Wildman–Crippen MR) is 155 cm³/mol. The lowest BCUT2D eigenvalue weighted by Gasteiger charge is -2.32. The van der Waals surface area contributed by atoms with Crippen LogP contribution in [0.3, 0.4) is 0 Å². The molecule has 12 heteroatoms. The Morgan fingerprint density at radius 3 is 2.71 bits per heavy atom. The van der Waals surface area contributed by atoms with Crippen LogP contribution in [0.4, 0.5) is 4.39 Å². The van der Waals surface area contributed by atoms with Crippen molar-refractivity contribution in [2.75, 3.05) is 19.7 Å². The lowest BCUT2D eigenvalue weighted by atomic mass is 10.1. The maximum absolute atomic E-state index is 14.2. The predicted octanol–water partition coefficient (Wildman–Crippen LogP) is 4.75. The minimum absolute atomic E-state index is 0.0316. The topological polar surface area (TPSA) is 118 Å². The monoisotopic (exact) mass is 670 g/mol. The fourth-order valence-corrected chi connectivity index (χ4v) is 5.87. The molecule has 2 aliphatic heterocycles. The van der Waals surface area contributed by atoms with Gasteiger partial charge in [-0.05, 0) is 72.2 Å². The summed E-state index contributed by atoms with van der Waals surface area (Å²) in [5.41, 5.74) is 2.51. The Morgan fingerprint density at radius 1 is 1.22 bits per heavy atom. The number of fused-ring (bicyclic) bond motifs is 1. The maximum Gasteiger partial charge on any atom is 0.335 e. The number of carboxylic acids is 1. The van der Waals surface area contributed by atoms with E-state index in [1.54, 1.807) is 30.3 Å². The van der Waals surface area contributed by atoms with E-state index in [-0.39, 0.29) is 29.9 Å². The number of nitrogens with zero attached hydrogens (tertiary/aromatic N) is 6. The molecule has 0 bridgehead atoms. The molecule has 6 rings (SSSR count). The number of benzene rings is 2. The van der Waals surface area contributed by atoms with Crippen LogP contribution in [0.15, 0.2) is 42.6 Å². The number of ether oxygens (including phenoxy) is 2. The van der Waals surface area contributed by atoms with Crippen molar-refractivity contribution in [3.63, 3.8) is 0 Å². The van der Waals surface area contributed by atoms with Crippen molar-refractivity contribution in [2.24, 2.45) is 0 Å². The number of hydrogen-bond donors (Lipinski definition) is 1. The lowest BCUT2D eigenvalue weighted by Crippen LogP contribution is -2.36. The van der Waals surface area contributed by atoms with Gasteiger partial charge in [-0.15, -0.1) is 5.10 Å². The number of nitriles is 1. The van der Waals surface area contributed by atoms with E-state index in [4.69, 9.17) is 19.7 Å². The number of piperidine rings is 1. The molecule has 0 spiro atoms. The third-order valence-corrected chi connectivity index (χ3v) is 8.49. The highest BCUT2D eigenvalue weighted by atomic mass is 127. The van der Waals surface area contributed by atoms with Crippen LogP contribution in [-0.4, -0.2) is 61.1 Å². The molecule has 0 saturated carbocycles. The Hall–Kier alpha value is -3.54. The zero-order chi connectivity index (χ0) is 28.5. The van der Waals surface area contributed by atoms with Gasteiger partial charge in [0.1, 0.15) is 18.2 Å². The van der Waals surface area contributed by atoms with Crippen molar-refractivity contribution in [1.82, 2.24) is 24.2 Å². The molecule has 2 saturated heterocycles. The van der Waals surface area contributed by atoms with E-state index >= 15 is 0 Å². The SMILES string of the molecule is N#Cc1ccc(COc2nn(C3CCN(Cc4nc5ccc(C(=O)O)cc5n4C[C@@H]4CCO4)CC3)cc2I)c(F)c1. The smallest absolute Gasteiger partial charge is 0.335 e. The molecule has 0 aliphatic carbocycles. The van der Waals surface area contributed by atoms with Gasteiger partial charge in [0.05, 0.1) is 57.0 Å². The second kappa shape index (κ2) is 11.8. The highest BCUT2D eigenvalue weighted by molar-refractivity contribution is 14.1. The standard InChI is InChI=1S/C29H28FIN6O4/c30-23-11-18(13-32)1-2-20(23)17-41-28-24(31)15-37(34-28)21-5-8-35(9-6-21)16-27-33-25-4-3-19(29(38)39)12-26(25)36(27)14-22-7-10-40-22/h1-4,11-12,15,21-22H,5-10,14,16-17H2,(H,38,39)/t22-/m0/s1. The third kappa shape index (κ3) is 5.93. The summed E-state index contributed by atoms with van der Waals surface area (Å²) in [4.78, 5) is 18.8. The molecule has 2 aromatic heterocycles. The molecule has 212 valence electrons. The third-order valence-electron chi connectivity index (χ3n) is 7.75. The number of carbonyl (C=O) groups is 1. The van der Waals surface area contributed by atoms with Crippen molar-refractivity contribution in [1.29, 1.82) is 5.26 Å². The van der Waals surface area contributed by atoms with E-state index in [1.807, 2.05) is 16.9 Å². The summed E-state index contributed by atoms with van der Waals surface area (Å²) in [6.45, 7) is 3.83. The number of aromatic carboxylic acids is 1. The highest BCUT2D eigenvalue weighted by Crippen LogP contribution is 2.29. The summed E-state index contributed by atoms with van der Waals surface area (Å²) in [6, 6.07) is 11.6. The van der Waals surface area contributed by atoms with Gasteiger partial charge >= 0.3 is 5.97 Å². The molecule has 0 radical (unpaired) electrons. The number of hydrogen-bond acceptors (Lipinski definition) is 7. The Kier molecular flexibility index (Phi) is 7.92. The van der Waals surface area contributed by atoms with E-state index in [0.29, 0.717) is 24.5 Å². The van der Waals surface area contributed by atoms with Crippen LogP contribution in [0.2, 0.25) is 0 Å². The van der Waals surface area contributed by atoms with Crippen LogP contribution in [0.5, 0.6) is 5.88 Å². The quantitative estimate of drug-likeness (QED) is 0.254. The highest BCUT2D eigenvalue weighted by Gasteiger charge is 2.26. The normalized spacial score (nSPS) is 17.8. The van der Waals surface area contributed by atoms with Gasteiger partial charge in [-0.1, -0.05) is 6.07 Å². The average molecular weight is 670 g/mol. The fraction of sp³-hybridized carbons (Fsp3) is 0.379. The first-order valence-electron chi connectivity index (χ1n) is 13.5. The van der Waals surface area contributed by atoms with Crippen molar-refractivity contribution < 1.29 is 23.8 Å². The van der Waals surface area contributed by atoms with Gasteiger partial charge in [-0.3, -0.25) is 9.58 Å². The first kappa shape index (κ1) is 27.6. The molecule has 2 aliphatic rings. The first-order valence-corrected chi connectivity index (χ1v) is 14.6. The van der Waals surface area contributed by atoms with Crippen molar-refractivity contribution in [2.45, 2.75) is 51.1 Å². The van der Waals surface area contributed by atoms with E-state index in [9.17, 15) is 14.3 Å². The molecule has 2 fully saturated rings. The van der Waals surface area contributed by atoms with Crippen LogP contribution < -0.4 is 4.74 Å². The first-order chi connectivity index (χ1) is 19.9. The van der Waals surface area contributed by atoms with Crippen LogP contribution in [-0.2, 0) is 24.4 Å². The molecule has 2 aromatic carbocycles. The maximum atomic E-state index is 14.2. The second-order valence-corrected chi connectivity index (χ2v) is 11.6. The van der Waals surface area contributed by atoms with E-state index < -0.39 is 11.8 Å². The van der Waals surface area contributed by atoms with Crippen LogP contribution in [0, 0.1) is 20.7 Å². The van der Waals surface area contributed by atoms with Crippen LogP contribution in [0.1, 0.15) is 52.6 Å². The zero-order valence-electron chi connectivity index (χ0n) is 22.2. The number of likely N-dealkylation sites (tertiary alicyclic amines) is 1. The van der Waals surface area contributed by atoms with Gasteiger partial charge in [-0.2, -0.15) is 5.26 Å². The Bertz CT molecular complexity index is 1630. The number of halogens is 2. The summed E-state index contributed by atoms with van der Waals surface area (Å²) < 4.78 is 30.7. The summed E-state index contributed by atoms with van der Waals surface area (Å²) in [6.07, 6.45) is 4.87. The van der Waals surface area contributed by atoms with Crippen LogP contribution >= 0.6 is 22.6 Å². The molecule has 1 N–H and O–H groups in total. The summed E-state index contributed by atoms with van der Waals surface area (Å²) >= 11 is 2.18. The Labute approximate surface area is 249 Å². The molecular formula is C29H28FIN6O4. The summed E-state index contributed by atoms with van der Waals surface area (Å²) in [7, 11) is 0. The molecule has 41 heavy (non-hydrogen) atoms. The van der Waals surface area contributed by atoms with Gasteiger partial charge in [0.25, 0.3) is 0 Å². The molecule has 10 nitrogen and oxygen atoms in total. The number of aromatic nitrogens is 4. The van der Waals surface area contributed by atoms with Gasteiger partial charge in [0, 0.05) is 31.5 Å². The van der Waals surface area contributed by atoms with Gasteiger partial charge in [0.15, 0.2) is 0 Å². The minimum Gasteiger partial charge on any atom is -0.478 e. The molecule has 0 amide bonds. The molecule has 4 heterocycles. The minimum atomic E-state index is -0.952. The summed E-state index contributed by atoms with van der Waals surface area (Å²) in [5, 5.41) is 23.1. The Balaban J connectivity index is 1.10. The zero-order valence-corrected chi connectivity index (χ0v) is 24.3. The molecule has 4 aromatic rings. The van der Waals surface area contributed by atoms with Crippen molar-refractivity contribution in [3.05, 3.63) is 74.5 Å². The molecule has 1 atom stereocenters. The number of carboxylic acid groups (broad SMARTS) is 1. The average Bonchev–Trinajstić information content (AvgIpc) is 3.49. The second-order valence-electron chi connectivity index (χ2n) is 10.4. The number of imidazole rings is 1. The van der Waals surface area contributed by atoms with Gasteiger partial charge < -0.3 is 19.1 Å². The van der Waals surface area contributed by atoms with E-state index in [1.165, 1.54) is 6.07 Å². The van der Waals surface area contributed by atoms with E-state index in [2.05, 4.69) is 37.2 Å². The number of rotatable bonds is 9. The molecular weight excluding hydrogens is 642 g/mol. The summed E-state index contributed by atoms with van der Waals surface area (Å²) in [5.74, 6) is -0.0475. The lowest BCUT2D eigenvalue weighted by molar-refractivity contribution is -0.0592. The van der Waals surface area contributed by atoms with Crippen molar-refractivity contribution in [3.8, 4) is 11.9 Å². The van der Waals surface area contributed by atoms with Gasteiger partial charge in [0.2, 0.25) is 5.88 Å². The van der Waals surface area contributed by atoms with Gasteiger partial charge in [-0.25, -0.2) is 14.2 Å². The largest absolute Gasteiger partial charge is 0.478 e. The van der Waals surface area contributed by atoms with Crippen LogP contribution in [0.25, 0.3) is 11.0 Å². The molecule has 0 unspecified atom stereocenters.